The monoisotopic (exact) mass is 680 g/mol. The predicted molar refractivity (Wildman–Crippen MR) is 184 cm³/mol. The Bertz CT molecular complexity index is 1770. The standard InChI is InChI=1S/C34H34ClFN6O2S.ClH/c1-23(28-17-38-39-18-28)31-20-42(34(40-33(31)44)45-22-25-5-13-30(36)14-6-25)21-32(43)41(16-2-15-37)19-24-3-7-26(8-4-24)27-9-11-29(35)12-10-27;/h3-14,17-18,20,23H,2,15-16,19,21-22,37H2,1H3,(H,38,39);1H. The molecule has 0 radical (unpaired) electrons. The molecule has 0 aliphatic rings. The molecule has 240 valence electrons. The van der Waals surface area contributed by atoms with Gasteiger partial charge in [-0.1, -0.05) is 78.8 Å². The highest BCUT2D eigenvalue weighted by Crippen LogP contribution is 2.26. The van der Waals surface area contributed by atoms with Gasteiger partial charge in [0.1, 0.15) is 12.4 Å². The Morgan fingerprint density at radius 1 is 1.04 bits per heavy atom. The molecule has 1 unspecified atom stereocenters. The number of hydrogen-bond donors (Lipinski definition) is 2. The second-order valence-electron chi connectivity index (χ2n) is 10.7. The summed E-state index contributed by atoms with van der Waals surface area (Å²) in [6, 6.07) is 21.9. The maximum Gasteiger partial charge on any atom is 0.277 e. The number of rotatable bonds is 13. The van der Waals surface area contributed by atoms with E-state index in [-0.39, 0.29) is 42.2 Å². The summed E-state index contributed by atoms with van der Waals surface area (Å²) in [6.07, 6.45) is 5.78. The minimum atomic E-state index is -0.366. The normalized spacial score (nSPS) is 11.6. The Balaban J connectivity index is 0.00000480. The first-order valence-electron chi connectivity index (χ1n) is 14.6. The van der Waals surface area contributed by atoms with Gasteiger partial charge in [-0.25, -0.2) is 4.39 Å². The third-order valence-electron chi connectivity index (χ3n) is 7.55. The SMILES string of the molecule is CC(c1cn[nH]c1)c1cn(CC(=O)N(CCCN)Cc2ccc(-c3ccc(Cl)cc3)cc2)c(SCc2ccc(F)cc2)nc1=O.Cl. The van der Waals surface area contributed by atoms with E-state index in [4.69, 9.17) is 17.3 Å². The summed E-state index contributed by atoms with van der Waals surface area (Å²) in [7, 11) is 0. The molecule has 0 saturated heterocycles. The Kier molecular flexibility index (Phi) is 12.6. The summed E-state index contributed by atoms with van der Waals surface area (Å²) in [5.74, 6) is -0.275. The number of thioether (sulfide) groups is 1. The lowest BCUT2D eigenvalue weighted by Crippen LogP contribution is -2.36. The smallest absolute Gasteiger partial charge is 0.277 e. The summed E-state index contributed by atoms with van der Waals surface area (Å²) >= 11 is 7.37. The van der Waals surface area contributed by atoms with Crippen LogP contribution in [-0.2, 0) is 23.6 Å². The number of amides is 1. The number of hydrogen-bond acceptors (Lipinski definition) is 6. The summed E-state index contributed by atoms with van der Waals surface area (Å²) in [5, 5.41) is 7.89. The van der Waals surface area contributed by atoms with Crippen molar-refractivity contribution in [2.45, 2.75) is 43.3 Å². The van der Waals surface area contributed by atoms with Crippen molar-refractivity contribution in [3.63, 3.8) is 0 Å². The Morgan fingerprint density at radius 3 is 2.33 bits per heavy atom. The van der Waals surface area contributed by atoms with Gasteiger partial charge in [-0.05, 0) is 65.0 Å². The molecule has 2 aromatic heterocycles. The van der Waals surface area contributed by atoms with E-state index in [1.54, 1.807) is 40.2 Å². The number of carbonyl (C=O) groups excluding carboxylic acids is 1. The van der Waals surface area contributed by atoms with Crippen molar-refractivity contribution in [2.24, 2.45) is 5.73 Å². The van der Waals surface area contributed by atoms with Crippen molar-refractivity contribution in [3.8, 4) is 11.1 Å². The van der Waals surface area contributed by atoms with Gasteiger partial charge in [-0.2, -0.15) is 10.1 Å². The average molecular weight is 682 g/mol. The van der Waals surface area contributed by atoms with Crippen LogP contribution in [0.25, 0.3) is 11.1 Å². The van der Waals surface area contributed by atoms with Crippen LogP contribution >= 0.6 is 35.8 Å². The highest BCUT2D eigenvalue weighted by atomic mass is 35.5. The van der Waals surface area contributed by atoms with Crippen LogP contribution in [0.4, 0.5) is 4.39 Å². The van der Waals surface area contributed by atoms with Crippen LogP contribution < -0.4 is 11.3 Å². The molecule has 0 aliphatic heterocycles. The van der Waals surface area contributed by atoms with Crippen molar-refractivity contribution in [1.82, 2.24) is 24.6 Å². The quantitative estimate of drug-likeness (QED) is 0.106. The number of carbonyl (C=O) groups is 1. The van der Waals surface area contributed by atoms with E-state index in [1.165, 1.54) is 23.9 Å². The average Bonchev–Trinajstić information content (AvgIpc) is 3.59. The molecule has 2 heterocycles. The third-order valence-corrected chi connectivity index (χ3v) is 8.86. The van der Waals surface area contributed by atoms with Crippen LogP contribution in [0, 0.1) is 5.82 Å². The van der Waals surface area contributed by atoms with Crippen molar-refractivity contribution < 1.29 is 9.18 Å². The minimum absolute atomic E-state index is 0. The summed E-state index contributed by atoms with van der Waals surface area (Å²) in [6.45, 7) is 3.23. The number of aromatic nitrogens is 4. The zero-order valence-electron chi connectivity index (χ0n) is 25.2. The number of nitrogens with one attached hydrogen (secondary N) is 1. The van der Waals surface area contributed by atoms with Crippen LogP contribution in [0.5, 0.6) is 0 Å². The molecular weight excluding hydrogens is 646 g/mol. The third kappa shape index (κ3) is 9.07. The van der Waals surface area contributed by atoms with Crippen LogP contribution in [0.3, 0.4) is 0 Å². The minimum Gasteiger partial charge on any atom is -0.337 e. The van der Waals surface area contributed by atoms with Crippen LogP contribution in [0.1, 0.15) is 41.5 Å². The molecular formula is C34H35Cl2FN6O2S. The molecule has 46 heavy (non-hydrogen) atoms. The fraction of sp³-hybridized carbons (Fsp3) is 0.235. The molecule has 1 amide bonds. The van der Waals surface area contributed by atoms with E-state index in [9.17, 15) is 14.0 Å². The van der Waals surface area contributed by atoms with Crippen molar-refractivity contribution in [1.29, 1.82) is 0 Å². The summed E-state index contributed by atoms with van der Waals surface area (Å²) < 4.78 is 15.2. The van der Waals surface area contributed by atoms with Gasteiger partial charge in [0, 0.05) is 47.7 Å². The van der Waals surface area contributed by atoms with E-state index in [0.29, 0.717) is 47.6 Å². The van der Waals surface area contributed by atoms with Gasteiger partial charge in [0.15, 0.2) is 5.16 Å². The number of H-pyrrole nitrogens is 1. The molecule has 12 heteroatoms. The maximum atomic E-state index is 13.9. The number of nitrogens with zero attached hydrogens (tertiary/aromatic N) is 4. The zero-order chi connectivity index (χ0) is 31.8. The number of nitrogens with two attached hydrogens (primary N) is 1. The Labute approximate surface area is 282 Å². The maximum absolute atomic E-state index is 13.9. The fourth-order valence-electron chi connectivity index (χ4n) is 4.91. The van der Waals surface area contributed by atoms with E-state index in [1.807, 2.05) is 55.5 Å². The lowest BCUT2D eigenvalue weighted by Gasteiger charge is -2.24. The first-order chi connectivity index (χ1) is 21.8. The fourth-order valence-corrected chi connectivity index (χ4v) is 5.96. The number of benzene rings is 3. The molecule has 8 nitrogen and oxygen atoms in total. The summed E-state index contributed by atoms with van der Waals surface area (Å²) in [5.41, 5.74) is 10.7. The van der Waals surface area contributed by atoms with E-state index >= 15 is 0 Å². The van der Waals surface area contributed by atoms with Gasteiger partial charge >= 0.3 is 0 Å². The molecule has 0 spiro atoms. The second-order valence-corrected chi connectivity index (χ2v) is 12.1. The molecule has 0 fully saturated rings. The highest BCUT2D eigenvalue weighted by molar-refractivity contribution is 7.98. The zero-order valence-corrected chi connectivity index (χ0v) is 27.6. The van der Waals surface area contributed by atoms with Gasteiger partial charge < -0.3 is 15.2 Å². The second kappa shape index (κ2) is 16.6. The van der Waals surface area contributed by atoms with Gasteiger partial charge in [0.25, 0.3) is 5.56 Å². The first kappa shape index (κ1) is 34.9. The topological polar surface area (TPSA) is 110 Å². The molecule has 1 atom stereocenters. The van der Waals surface area contributed by atoms with Crippen molar-refractivity contribution in [3.05, 3.63) is 135 Å². The highest BCUT2D eigenvalue weighted by Gasteiger charge is 2.21. The van der Waals surface area contributed by atoms with Gasteiger partial charge in [-0.3, -0.25) is 14.7 Å². The molecule has 5 aromatic rings. The molecule has 5 rings (SSSR count). The van der Waals surface area contributed by atoms with E-state index in [2.05, 4.69) is 15.2 Å². The van der Waals surface area contributed by atoms with E-state index in [0.717, 1.165) is 27.8 Å². The van der Waals surface area contributed by atoms with E-state index < -0.39 is 0 Å². The molecule has 3 aromatic carbocycles. The molecule has 3 N–H and O–H groups in total. The largest absolute Gasteiger partial charge is 0.337 e. The Morgan fingerprint density at radius 2 is 1.70 bits per heavy atom. The lowest BCUT2D eigenvalue weighted by molar-refractivity contribution is -0.132. The van der Waals surface area contributed by atoms with Crippen LogP contribution in [0.15, 0.2) is 101 Å². The first-order valence-corrected chi connectivity index (χ1v) is 16.0. The number of halogens is 3. The lowest BCUT2D eigenvalue weighted by atomic mass is 9.98. The van der Waals surface area contributed by atoms with Crippen molar-refractivity contribution in [2.75, 3.05) is 13.1 Å². The van der Waals surface area contributed by atoms with Crippen LogP contribution in [-0.4, -0.2) is 43.6 Å². The number of aromatic amines is 1. The molecule has 0 bridgehead atoms. The predicted octanol–water partition coefficient (Wildman–Crippen LogP) is 6.67. The Hall–Kier alpha value is -3.96. The van der Waals surface area contributed by atoms with Crippen LogP contribution in [0.2, 0.25) is 5.02 Å². The van der Waals surface area contributed by atoms with Crippen molar-refractivity contribution >= 4 is 41.7 Å². The van der Waals surface area contributed by atoms with Gasteiger partial charge in [-0.15, -0.1) is 12.4 Å². The van der Waals surface area contributed by atoms with Gasteiger partial charge in [0.05, 0.1) is 6.20 Å². The summed E-state index contributed by atoms with van der Waals surface area (Å²) in [4.78, 5) is 33.3. The molecule has 0 aliphatic carbocycles. The van der Waals surface area contributed by atoms with Gasteiger partial charge in [0.2, 0.25) is 5.91 Å². The molecule has 0 saturated carbocycles.